The number of nitrogens with zero attached hydrogens (tertiary/aromatic N) is 1. The second-order valence-corrected chi connectivity index (χ2v) is 4.93. The summed E-state index contributed by atoms with van der Waals surface area (Å²) in [5, 5.41) is 4.16. The molecule has 1 aromatic rings. The molecule has 0 bridgehead atoms. The Morgan fingerprint density at radius 1 is 1.29 bits per heavy atom. The monoisotopic (exact) mass is 250 g/mol. The van der Waals surface area contributed by atoms with E-state index >= 15 is 0 Å². The van der Waals surface area contributed by atoms with Crippen molar-refractivity contribution in [3.63, 3.8) is 0 Å². The molecule has 2 aliphatic rings. The smallest absolute Gasteiger partial charge is 0.201 e. The summed E-state index contributed by atoms with van der Waals surface area (Å²) < 4.78 is 5.69. The molecule has 2 atom stereocenters. The number of aliphatic imine (C=N–C) groups is 1. The summed E-state index contributed by atoms with van der Waals surface area (Å²) >= 11 is 5.87. The van der Waals surface area contributed by atoms with E-state index in [-0.39, 0.29) is 6.04 Å². The van der Waals surface area contributed by atoms with Gasteiger partial charge in [-0.1, -0.05) is 23.7 Å². The molecule has 1 aromatic carbocycles. The van der Waals surface area contributed by atoms with Gasteiger partial charge in [-0.25, -0.2) is 4.99 Å². The standard InChI is InChI=1S/C13H15ClN2O/c14-10-5-3-9(4-6-10)12-8-17-13(16-12)11-2-1-7-15-11/h3-6,11-12,15H,1-2,7-8H2. The summed E-state index contributed by atoms with van der Waals surface area (Å²) in [6.45, 7) is 1.72. The first-order valence-electron chi connectivity index (χ1n) is 6.02. The summed E-state index contributed by atoms with van der Waals surface area (Å²) in [4.78, 5) is 4.66. The lowest BCUT2D eigenvalue weighted by Crippen LogP contribution is -2.30. The van der Waals surface area contributed by atoms with Crippen LogP contribution in [0.25, 0.3) is 0 Å². The fourth-order valence-electron chi connectivity index (χ4n) is 2.33. The molecule has 1 saturated heterocycles. The third-order valence-corrected chi connectivity index (χ3v) is 3.54. The first-order chi connectivity index (χ1) is 8.33. The first kappa shape index (κ1) is 11.1. The largest absolute Gasteiger partial charge is 0.477 e. The Labute approximate surface area is 106 Å². The lowest BCUT2D eigenvalue weighted by atomic mass is 10.1. The Hall–Kier alpha value is -1.06. The zero-order valence-corrected chi connectivity index (χ0v) is 10.3. The van der Waals surface area contributed by atoms with E-state index in [1.165, 1.54) is 12.0 Å². The van der Waals surface area contributed by atoms with Crippen LogP contribution in [0.15, 0.2) is 29.3 Å². The molecule has 0 amide bonds. The first-order valence-corrected chi connectivity index (χ1v) is 6.40. The topological polar surface area (TPSA) is 33.6 Å². The highest BCUT2D eigenvalue weighted by molar-refractivity contribution is 6.30. The minimum atomic E-state index is 0.129. The number of hydrogen-bond acceptors (Lipinski definition) is 3. The van der Waals surface area contributed by atoms with E-state index in [0.29, 0.717) is 12.6 Å². The Morgan fingerprint density at radius 2 is 2.12 bits per heavy atom. The SMILES string of the molecule is Clc1ccc(C2COC(C3CCCN3)=N2)cc1. The molecule has 3 rings (SSSR count). The average molecular weight is 251 g/mol. The molecule has 0 saturated carbocycles. The molecule has 2 aliphatic heterocycles. The van der Waals surface area contributed by atoms with Crippen LogP contribution >= 0.6 is 11.6 Å². The second-order valence-electron chi connectivity index (χ2n) is 4.49. The maximum atomic E-state index is 5.87. The molecular weight excluding hydrogens is 236 g/mol. The number of hydrogen-bond donors (Lipinski definition) is 1. The molecule has 2 heterocycles. The van der Waals surface area contributed by atoms with E-state index in [0.717, 1.165) is 23.9 Å². The molecule has 0 aliphatic carbocycles. The van der Waals surface area contributed by atoms with Gasteiger partial charge < -0.3 is 10.1 Å². The van der Waals surface area contributed by atoms with Gasteiger partial charge in [0.15, 0.2) is 0 Å². The van der Waals surface area contributed by atoms with Crippen molar-refractivity contribution in [2.24, 2.45) is 4.99 Å². The van der Waals surface area contributed by atoms with Crippen LogP contribution in [0.4, 0.5) is 0 Å². The van der Waals surface area contributed by atoms with Crippen LogP contribution < -0.4 is 5.32 Å². The van der Waals surface area contributed by atoms with Crippen LogP contribution in [0, 0.1) is 0 Å². The van der Waals surface area contributed by atoms with Gasteiger partial charge >= 0.3 is 0 Å². The highest BCUT2D eigenvalue weighted by atomic mass is 35.5. The van der Waals surface area contributed by atoms with Crippen molar-refractivity contribution in [2.75, 3.05) is 13.2 Å². The molecule has 2 unspecified atom stereocenters. The molecular formula is C13H15ClN2O. The average Bonchev–Trinajstić information content (AvgIpc) is 3.00. The Kier molecular flexibility index (Phi) is 3.04. The van der Waals surface area contributed by atoms with Gasteiger partial charge in [0.05, 0.1) is 6.04 Å². The Morgan fingerprint density at radius 3 is 2.82 bits per heavy atom. The van der Waals surface area contributed by atoms with Gasteiger partial charge in [-0.3, -0.25) is 0 Å². The molecule has 4 heteroatoms. The van der Waals surface area contributed by atoms with Crippen LogP contribution in [0.2, 0.25) is 5.02 Å². The van der Waals surface area contributed by atoms with E-state index < -0.39 is 0 Å². The summed E-state index contributed by atoms with van der Waals surface area (Å²) in [6, 6.07) is 8.30. The lowest BCUT2D eigenvalue weighted by molar-refractivity contribution is 0.304. The molecule has 1 N–H and O–H groups in total. The van der Waals surface area contributed by atoms with Crippen molar-refractivity contribution in [3.8, 4) is 0 Å². The van der Waals surface area contributed by atoms with Gasteiger partial charge in [0.2, 0.25) is 5.90 Å². The van der Waals surface area contributed by atoms with E-state index in [1.807, 2.05) is 24.3 Å². The molecule has 90 valence electrons. The number of halogens is 1. The van der Waals surface area contributed by atoms with Gasteiger partial charge in [0.25, 0.3) is 0 Å². The van der Waals surface area contributed by atoms with E-state index in [2.05, 4.69) is 10.3 Å². The Bertz CT molecular complexity index is 424. The van der Waals surface area contributed by atoms with E-state index in [9.17, 15) is 0 Å². The minimum absolute atomic E-state index is 0.129. The number of rotatable bonds is 2. The van der Waals surface area contributed by atoms with Gasteiger partial charge in [-0.05, 0) is 37.1 Å². The highest BCUT2D eigenvalue weighted by Crippen LogP contribution is 2.26. The summed E-state index contributed by atoms with van der Waals surface area (Å²) in [5.41, 5.74) is 1.17. The summed E-state index contributed by atoms with van der Waals surface area (Å²) in [6.07, 6.45) is 2.34. The second kappa shape index (κ2) is 4.67. The molecule has 3 nitrogen and oxygen atoms in total. The number of benzene rings is 1. The molecule has 1 fully saturated rings. The molecule has 0 aromatic heterocycles. The van der Waals surface area contributed by atoms with Crippen molar-refractivity contribution in [2.45, 2.75) is 24.9 Å². The van der Waals surface area contributed by atoms with Crippen molar-refractivity contribution in [1.29, 1.82) is 0 Å². The number of ether oxygens (including phenoxy) is 1. The normalized spacial score (nSPS) is 27.9. The maximum Gasteiger partial charge on any atom is 0.201 e. The Balaban J connectivity index is 1.75. The highest BCUT2D eigenvalue weighted by Gasteiger charge is 2.28. The maximum absolute atomic E-state index is 5.87. The van der Waals surface area contributed by atoms with E-state index in [4.69, 9.17) is 16.3 Å². The molecule has 0 spiro atoms. The van der Waals surface area contributed by atoms with Crippen molar-refractivity contribution in [1.82, 2.24) is 5.32 Å². The number of nitrogens with one attached hydrogen (secondary N) is 1. The quantitative estimate of drug-likeness (QED) is 0.875. The fourth-order valence-corrected chi connectivity index (χ4v) is 2.46. The predicted octanol–water partition coefficient (Wildman–Crippen LogP) is 2.56. The van der Waals surface area contributed by atoms with Gasteiger partial charge in [0, 0.05) is 5.02 Å². The van der Waals surface area contributed by atoms with Crippen LogP contribution in [0.3, 0.4) is 0 Å². The third kappa shape index (κ3) is 2.31. The van der Waals surface area contributed by atoms with Crippen molar-refractivity contribution < 1.29 is 4.74 Å². The van der Waals surface area contributed by atoms with E-state index in [1.54, 1.807) is 0 Å². The van der Waals surface area contributed by atoms with Crippen LogP contribution in [0.1, 0.15) is 24.4 Å². The summed E-state index contributed by atoms with van der Waals surface area (Å²) in [5.74, 6) is 0.877. The molecule has 17 heavy (non-hydrogen) atoms. The van der Waals surface area contributed by atoms with Crippen LogP contribution in [0.5, 0.6) is 0 Å². The van der Waals surface area contributed by atoms with Gasteiger partial charge in [0.1, 0.15) is 12.6 Å². The summed E-state index contributed by atoms with van der Waals surface area (Å²) in [7, 11) is 0. The van der Waals surface area contributed by atoms with Gasteiger partial charge in [-0.15, -0.1) is 0 Å². The van der Waals surface area contributed by atoms with Crippen LogP contribution in [-0.4, -0.2) is 25.1 Å². The zero-order valence-electron chi connectivity index (χ0n) is 9.53. The van der Waals surface area contributed by atoms with Crippen molar-refractivity contribution in [3.05, 3.63) is 34.9 Å². The van der Waals surface area contributed by atoms with Crippen molar-refractivity contribution >= 4 is 17.5 Å². The fraction of sp³-hybridized carbons (Fsp3) is 0.462. The lowest BCUT2D eigenvalue weighted by Gasteiger charge is -2.08. The minimum Gasteiger partial charge on any atom is -0.477 e. The predicted molar refractivity (Wildman–Crippen MR) is 68.6 cm³/mol. The third-order valence-electron chi connectivity index (χ3n) is 3.29. The molecule has 0 radical (unpaired) electrons. The zero-order chi connectivity index (χ0) is 11.7. The van der Waals surface area contributed by atoms with Crippen LogP contribution in [-0.2, 0) is 4.74 Å². The van der Waals surface area contributed by atoms with Gasteiger partial charge in [-0.2, -0.15) is 0 Å².